The van der Waals surface area contributed by atoms with Crippen molar-refractivity contribution in [1.29, 1.82) is 5.26 Å². The number of nitrogens with zero attached hydrogens (tertiary/aromatic N) is 3. The first-order valence-electron chi connectivity index (χ1n) is 5.66. The summed E-state index contributed by atoms with van der Waals surface area (Å²) < 4.78 is 28.8. The van der Waals surface area contributed by atoms with E-state index in [-0.39, 0.29) is 17.7 Å². The summed E-state index contributed by atoms with van der Waals surface area (Å²) in [5.41, 5.74) is 0.839. The lowest BCUT2D eigenvalue weighted by molar-refractivity contribution is 0.534. The summed E-state index contributed by atoms with van der Waals surface area (Å²) in [6.07, 6.45) is 3.50. The van der Waals surface area contributed by atoms with Crippen LogP contribution in [0.4, 0.5) is 8.78 Å². The van der Waals surface area contributed by atoms with Gasteiger partial charge in [0.25, 0.3) is 0 Å². The second kappa shape index (κ2) is 5.59. The molecule has 0 atom stereocenters. The fourth-order valence-electron chi connectivity index (χ4n) is 1.73. The standard InChI is InChI=1S/C13H12F2N4/c1-19-8-10(6-18-19)5-17-7-11-12(14)2-9(4-16)3-13(11)15/h2-3,6,8,17H,5,7H2,1H3. The van der Waals surface area contributed by atoms with Gasteiger partial charge >= 0.3 is 0 Å². The van der Waals surface area contributed by atoms with Gasteiger partial charge in [0.1, 0.15) is 11.6 Å². The van der Waals surface area contributed by atoms with Crippen molar-refractivity contribution in [2.24, 2.45) is 7.05 Å². The Morgan fingerprint density at radius 1 is 1.32 bits per heavy atom. The SMILES string of the molecule is Cn1cc(CNCc2c(F)cc(C#N)cc2F)cn1. The third-order valence-corrected chi connectivity index (χ3v) is 2.66. The summed E-state index contributed by atoms with van der Waals surface area (Å²) >= 11 is 0. The van der Waals surface area contributed by atoms with Crippen LogP contribution < -0.4 is 5.32 Å². The molecule has 0 saturated carbocycles. The van der Waals surface area contributed by atoms with E-state index in [0.29, 0.717) is 6.54 Å². The topological polar surface area (TPSA) is 53.6 Å². The Labute approximate surface area is 109 Å². The molecule has 6 heteroatoms. The number of nitriles is 1. The third kappa shape index (κ3) is 3.14. The lowest BCUT2D eigenvalue weighted by Gasteiger charge is -2.06. The molecule has 19 heavy (non-hydrogen) atoms. The van der Waals surface area contributed by atoms with Crippen molar-refractivity contribution in [1.82, 2.24) is 15.1 Å². The molecule has 0 fully saturated rings. The summed E-state index contributed by atoms with van der Waals surface area (Å²) in [6.45, 7) is 0.519. The predicted octanol–water partition coefficient (Wildman–Crippen LogP) is 1.86. The Hall–Kier alpha value is -2.26. The molecule has 1 aromatic heterocycles. The van der Waals surface area contributed by atoms with Crippen LogP contribution in [0, 0.1) is 23.0 Å². The van der Waals surface area contributed by atoms with Crippen LogP contribution in [0.15, 0.2) is 24.5 Å². The van der Waals surface area contributed by atoms with E-state index in [1.165, 1.54) is 0 Å². The van der Waals surface area contributed by atoms with Gasteiger partial charge in [0.05, 0.1) is 17.8 Å². The van der Waals surface area contributed by atoms with E-state index in [9.17, 15) is 8.78 Å². The van der Waals surface area contributed by atoms with Crippen LogP contribution in [0.25, 0.3) is 0 Å². The first kappa shape index (κ1) is 13.2. The molecule has 98 valence electrons. The van der Waals surface area contributed by atoms with Gasteiger partial charge < -0.3 is 5.32 Å². The molecule has 0 saturated heterocycles. The van der Waals surface area contributed by atoms with Crippen LogP contribution in [0.5, 0.6) is 0 Å². The van der Waals surface area contributed by atoms with E-state index in [1.807, 2.05) is 6.20 Å². The number of hydrogen-bond acceptors (Lipinski definition) is 3. The fraction of sp³-hybridized carbons (Fsp3) is 0.231. The van der Waals surface area contributed by atoms with Gasteiger partial charge in [0, 0.05) is 37.5 Å². The molecule has 0 aliphatic rings. The van der Waals surface area contributed by atoms with Gasteiger partial charge in [0.2, 0.25) is 0 Å². The number of hydrogen-bond donors (Lipinski definition) is 1. The zero-order valence-corrected chi connectivity index (χ0v) is 10.3. The second-order valence-corrected chi connectivity index (χ2v) is 4.16. The molecule has 1 aromatic carbocycles. The minimum atomic E-state index is -0.713. The molecule has 0 spiro atoms. The third-order valence-electron chi connectivity index (χ3n) is 2.66. The molecular weight excluding hydrogens is 250 g/mol. The number of halogens is 2. The Morgan fingerprint density at radius 2 is 2.00 bits per heavy atom. The lowest BCUT2D eigenvalue weighted by atomic mass is 10.1. The van der Waals surface area contributed by atoms with E-state index in [0.717, 1.165) is 17.7 Å². The second-order valence-electron chi connectivity index (χ2n) is 4.16. The van der Waals surface area contributed by atoms with Gasteiger partial charge in [0.15, 0.2) is 0 Å². The predicted molar refractivity (Wildman–Crippen MR) is 64.8 cm³/mol. The van der Waals surface area contributed by atoms with Crippen molar-refractivity contribution in [3.05, 3.63) is 52.9 Å². The maximum absolute atomic E-state index is 13.6. The highest BCUT2D eigenvalue weighted by molar-refractivity contribution is 5.34. The smallest absolute Gasteiger partial charge is 0.131 e. The Balaban J connectivity index is 2.02. The molecule has 4 nitrogen and oxygen atoms in total. The number of nitrogens with one attached hydrogen (secondary N) is 1. The molecule has 0 radical (unpaired) electrons. The average molecular weight is 262 g/mol. The first-order valence-corrected chi connectivity index (χ1v) is 5.66. The van der Waals surface area contributed by atoms with Crippen molar-refractivity contribution in [2.75, 3.05) is 0 Å². The van der Waals surface area contributed by atoms with Crippen molar-refractivity contribution in [3.8, 4) is 6.07 Å². The van der Waals surface area contributed by atoms with Crippen LogP contribution in [0.2, 0.25) is 0 Å². The molecule has 2 rings (SSSR count). The Bertz CT molecular complexity index is 605. The molecule has 0 bridgehead atoms. The van der Waals surface area contributed by atoms with Crippen molar-refractivity contribution < 1.29 is 8.78 Å². The van der Waals surface area contributed by atoms with E-state index in [1.54, 1.807) is 24.0 Å². The summed E-state index contributed by atoms with van der Waals surface area (Å²) in [7, 11) is 1.80. The molecule has 1 N–H and O–H groups in total. The van der Waals surface area contributed by atoms with Gasteiger partial charge in [-0.25, -0.2) is 8.78 Å². The zero-order valence-electron chi connectivity index (χ0n) is 10.3. The van der Waals surface area contributed by atoms with E-state index in [4.69, 9.17) is 5.26 Å². The highest BCUT2D eigenvalue weighted by Crippen LogP contribution is 2.15. The number of rotatable bonds is 4. The number of benzene rings is 1. The number of aryl methyl sites for hydroxylation is 1. The minimum Gasteiger partial charge on any atom is -0.308 e. The maximum atomic E-state index is 13.6. The highest BCUT2D eigenvalue weighted by Gasteiger charge is 2.10. The van der Waals surface area contributed by atoms with Gasteiger partial charge in [-0.2, -0.15) is 10.4 Å². The Morgan fingerprint density at radius 3 is 2.53 bits per heavy atom. The van der Waals surface area contributed by atoms with E-state index < -0.39 is 11.6 Å². The summed E-state index contributed by atoms with van der Waals surface area (Å²) in [6, 6.07) is 3.77. The molecule has 2 aromatic rings. The summed E-state index contributed by atoms with van der Waals surface area (Å²) in [4.78, 5) is 0. The highest BCUT2D eigenvalue weighted by atomic mass is 19.1. The van der Waals surface area contributed by atoms with Crippen LogP contribution >= 0.6 is 0 Å². The van der Waals surface area contributed by atoms with Crippen LogP contribution in [0.1, 0.15) is 16.7 Å². The molecular formula is C13H12F2N4. The van der Waals surface area contributed by atoms with Gasteiger partial charge in [-0.1, -0.05) is 0 Å². The normalized spacial score (nSPS) is 10.4. The molecule has 0 aliphatic heterocycles. The minimum absolute atomic E-state index is 0.0222. The summed E-state index contributed by atoms with van der Waals surface area (Å²) in [5.74, 6) is -1.43. The molecule has 1 heterocycles. The van der Waals surface area contributed by atoms with Crippen LogP contribution in [-0.2, 0) is 20.1 Å². The largest absolute Gasteiger partial charge is 0.308 e. The molecule has 0 amide bonds. The van der Waals surface area contributed by atoms with Crippen molar-refractivity contribution >= 4 is 0 Å². The quantitative estimate of drug-likeness (QED) is 0.915. The van der Waals surface area contributed by atoms with E-state index >= 15 is 0 Å². The lowest BCUT2D eigenvalue weighted by Crippen LogP contribution is -2.15. The van der Waals surface area contributed by atoms with Crippen molar-refractivity contribution in [3.63, 3.8) is 0 Å². The summed E-state index contributed by atoms with van der Waals surface area (Å²) in [5, 5.41) is 15.5. The first-order chi connectivity index (χ1) is 9.10. The van der Waals surface area contributed by atoms with Gasteiger partial charge in [-0.15, -0.1) is 0 Å². The zero-order chi connectivity index (χ0) is 13.8. The molecule has 0 aliphatic carbocycles. The monoisotopic (exact) mass is 262 g/mol. The number of aromatic nitrogens is 2. The van der Waals surface area contributed by atoms with Gasteiger partial charge in [-0.3, -0.25) is 4.68 Å². The van der Waals surface area contributed by atoms with Crippen molar-refractivity contribution in [2.45, 2.75) is 13.1 Å². The van der Waals surface area contributed by atoms with E-state index in [2.05, 4.69) is 10.4 Å². The van der Waals surface area contributed by atoms with Crippen LogP contribution in [0.3, 0.4) is 0 Å². The molecule has 0 unspecified atom stereocenters. The Kier molecular flexibility index (Phi) is 3.88. The van der Waals surface area contributed by atoms with Gasteiger partial charge in [-0.05, 0) is 12.1 Å². The maximum Gasteiger partial charge on any atom is 0.131 e. The average Bonchev–Trinajstić information content (AvgIpc) is 2.78. The van der Waals surface area contributed by atoms with Crippen LogP contribution in [-0.4, -0.2) is 9.78 Å². The fourth-order valence-corrected chi connectivity index (χ4v) is 1.73.